The highest BCUT2D eigenvalue weighted by molar-refractivity contribution is 5.94. The summed E-state index contributed by atoms with van der Waals surface area (Å²) in [7, 11) is 0. The number of aryl methyl sites for hydroxylation is 1. The first-order valence-corrected chi connectivity index (χ1v) is 8.14. The lowest BCUT2D eigenvalue weighted by Crippen LogP contribution is -2.34. The Hall–Kier alpha value is -2.50. The number of nitrogens with one attached hydrogen (secondary N) is 2. The topological polar surface area (TPSA) is 72.4 Å². The maximum atomic E-state index is 12.0. The van der Waals surface area contributed by atoms with Crippen molar-refractivity contribution in [3.8, 4) is 0 Å². The number of carbonyl (C=O) groups excluding carboxylic acids is 2. The molecule has 0 aliphatic rings. The molecule has 0 aliphatic heterocycles. The van der Waals surface area contributed by atoms with Gasteiger partial charge in [0.15, 0.2) is 0 Å². The average molecular weight is 331 g/mol. The Labute approximate surface area is 142 Å². The molecule has 130 valence electrons. The van der Waals surface area contributed by atoms with Gasteiger partial charge in [0, 0.05) is 31.4 Å². The molecule has 0 fully saturated rings. The molecule has 0 spiro atoms. The fourth-order valence-corrected chi connectivity index (χ4v) is 2.35. The van der Waals surface area contributed by atoms with Crippen molar-refractivity contribution in [3.63, 3.8) is 0 Å². The number of carbonyl (C=O) groups is 2. The number of benzene rings is 1. The summed E-state index contributed by atoms with van der Waals surface area (Å²) < 4.78 is 7.24. The summed E-state index contributed by atoms with van der Waals surface area (Å²) in [5, 5.41) is 6.57. The van der Waals surface area contributed by atoms with Gasteiger partial charge < -0.3 is 19.9 Å². The number of fused-ring (bicyclic) bond motifs is 1. The van der Waals surface area contributed by atoms with Gasteiger partial charge in [0.1, 0.15) is 5.60 Å². The number of aromatic nitrogens is 1. The van der Waals surface area contributed by atoms with Gasteiger partial charge >= 0.3 is 6.09 Å². The Morgan fingerprint density at radius 1 is 1.21 bits per heavy atom. The van der Waals surface area contributed by atoms with E-state index in [0.29, 0.717) is 0 Å². The molecule has 1 aromatic heterocycles. The van der Waals surface area contributed by atoms with Crippen LogP contribution >= 0.6 is 0 Å². The smallest absolute Gasteiger partial charge is 0.407 e. The molecule has 0 aliphatic carbocycles. The van der Waals surface area contributed by atoms with Crippen molar-refractivity contribution in [2.45, 2.75) is 46.3 Å². The van der Waals surface area contributed by atoms with Crippen LogP contribution in [-0.4, -0.2) is 28.7 Å². The highest BCUT2D eigenvalue weighted by Crippen LogP contribution is 2.20. The molecular formula is C18H25N3O3. The van der Waals surface area contributed by atoms with Crippen molar-refractivity contribution < 1.29 is 14.3 Å². The van der Waals surface area contributed by atoms with E-state index in [1.807, 2.05) is 24.4 Å². The molecule has 1 aromatic carbocycles. The molecule has 24 heavy (non-hydrogen) atoms. The van der Waals surface area contributed by atoms with E-state index in [9.17, 15) is 9.59 Å². The number of hydrogen-bond donors (Lipinski definition) is 2. The summed E-state index contributed by atoms with van der Waals surface area (Å²) >= 11 is 0. The van der Waals surface area contributed by atoms with Crippen LogP contribution in [0.25, 0.3) is 10.9 Å². The van der Waals surface area contributed by atoms with E-state index in [-0.39, 0.29) is 18.9 Å². The minimum Gasteiger partial charge on any atom is -0.444 e. The zero-order valence-electron chi connectivity index (χ0n) is 14.7. The van der Waals surface area contributed by atoms with Crippen LogP contribution in [0, 0.1) is 0 Å². The van der Waals surface area contributed by atoms with Crippen molar-refractivity contribution in [2.24, 2.45) is 0 Å². The molecule has 2 aromatic rings. The summed E-state index contributed by atoms with van der Waals surface area (Å²) in [6, 6.07) is 7.87. The van der Waals surface area contributed by atoms with Crippen LogP contribution < -0.4 is 10.6 Å². The number of amides is 2. The lowest BCUT2D eigenvalue weighted by molar-refractivity contribution is -0.116. The van der Waals surface area contributed by atoms with Gasteiger partial charge in [-0.2, -0.15) is 0 Å². The molecule has 0 saturated carbocycles. The number of nitrogens with zero attached hydrogens (tertiary/aromatic N) is 1. The highest BCUT2D eigenvalue weighted by Gasteiger charge is 2.15. The van der Waals surface area contributed by atoms with Gasteiger partial charge in [0.05, 0.1) is 5.52 Å². The van der Waals surface area contributed by atoms with Crippen LogP contribution in [0.1, 0.15) is 34.1 Å². The largest absolute Gasteiger partial charge is 0.444 e. The first kappa shape index (κ1) is 17.8. The molecule has 6 heteroatoms. The van der Waals surface area contributed by atoms with Crippen molar-refractivity contribution >= 4 is 28.6 Å². The quantitative estimate of drug-likeness (QED) is 0.880. The molecule has 2 rings (SSSR count). The number of ether oxygens (including phenoxy) is 1. The van der Waals surface area contributed by atoms with E-state index in [2.05, 4.69) is 28.2 Å². The van der Waals surface area contributed by atoms with E-state index in [1.165, 1.54) is 0 Å². The maximum absolute atomic E-state index is 12.0. The van der Waals surface area contributed by atoms with Crippen molar-refractivity contribution in [2.75, 3.05) is 11.9 Å². The second-order valence-electron chi connectivity index (χ2n) is 6.60. The molecule has 6 nitrogen and oxygen atoms in total. The Bertz CT molecular complexity index is 729. The van der Waals surface area contributed by atoms with Gasteiger partial charge in [0.2, 0.25) is 5.91 Å². The molecule has 2 N–H and O–H groups in total. The van der Waals surface area contributed by atoms with E-state index in [1.54, 1.807) is 20.8 Å². The van der Waals surface area contributed by atoms with Crippen LogP contribution in [0.2, 0.25) is 0 Å². The summed E-state index contributed by atoms with van der Waals surface area (Å²) in [6.07, 6.45) is 1.70. The molecule has 0 saturated heterocycles. The Balaban J connectivity index is 1.85. The van der Waals surface area contributed by atoms with Gasteiger partial charge in [-0.1, -0.05) is 6.07 Å². The second-order valence-corrected chi connectivity index (χ2v) is 6.60. The molecular weight excluding hydrogens is 306 g/mol. The summed E-state index contributed by atoms with van der Waals surface area (Å²) in [5.74, 6) is -0.153. The van der Waals surface area contributed by atoms with Crippen molar-refractivity contribution in [1.82, 2.24) is 9.88 Å². The fraction of sp³-hybridized carbons (Fsp3) is 0.444. The van der Waals surface area contributed by atoms with E-state index in [4.69, 9.17) is 4.74 Å². The SMILES string of the molecule is CCn1ccc2ccc(NC(=O)CCNC(=O)OC(C)(C)C)cc21. The van der Waals surface area contributed by atoms with Crippen LogP contribution in [0.4, 0.5) is 10.5 Å². The minimum absolute atomic E-state index is 0.153. The Morgan fingerprint density at radius 2 is 1.96 bits per heavy atom. The summed E-state index contributed by atoms with van der Waals surface area (Å²) in [4.78, 5) is 23.5. The van der Waals surface area contributed by atoms with Crippen molar-refractivity contribution in [1.29, 1.82) is 0 Å². The molecule has 0 atom stereocenters. The third-order valence-electron chi connectivity index (χ3n) is 3.42. The number of anilines is 1. The highest BCUT2D eigenvalue weighted by atomic mass is 16.6. The van der Waals surface area contributed by atoms with E-state index >= 15 is 0 Å². The van der Waals surface area contributed by atoms with E-state index < -0.39 is 11.7 Å². The third-order valence-corrected chi connectivity index (χ3v) is 3.42. The van der Waals surface area contributed by atoms with Gasteiger partial charge in [-0.3, -0.25) is 4.79 Å². The van der Waals surface area contributed by atoms with E-state index in [0.717, 1.165) is 23.1 Å². The van der Waals surface area contributed by atoms with Crippen LogP contribution in [-0.2, 0) is 16.1 Å². The normalized spacial score (nSPS) is 11.3. The van der Waals surface area contributed by atoms with Crippen molar-refractivity contribution in [3.05, 3.63) is 30.5 Å². The zero-order chi connectivity index (χ0) is 17.7. The van der Waals surface area contributed by atoms with Crippen LogP contribution in [0.5, 0.6) is 0 Å². The van der Waals surface area contributed by atoms with Gasteiger partial charge in [-0.15, -0.1) is 0 Å². The first-order valence-electron chi connectivity index (χ1n) is 8.14. The molecule has 2 amide bonds. The standard InChI is InChI=1S/C18H25N3O3/c1-5-21-11-9-13-6-7-14(12-15(13)21)20-16(22)8-10-19-17(23)24-18(2,3)4/h6-7,9,11-12H,5,8,10H2,1-4H3,(H,19,23)(H,20,22). The maximum Gasteiger partial charge on any atom is 0.407 e. The zero-order valence-corrected chi connectivity index (χ0v) is 14.7. The average Bonchev–Trinajstić information content (AvgIpc) is 2.87. The summed E-state index contributed by atoms with van der Waals surface area (Å²) in [5.41, 5.74) is 1.29. The third kappa shape index (κ3) is 5.01. The Kier molecular flexibility index (Phi) is 5.49. The molecule has 1 heterocycles. The molecule has 0 radical (unpaired) electrons. The fourth-order valence-electron chi connectivity index (χ4n) is 2.35. The predicted octanol–water partition coefficient (Wildman–Crippen LogP) is 3.51. The monoisotopic (exact) mass is 331 g/mol. The molecule has 0 bridgehead atoms. The Morgan fingerprint density at radius 3 is 2.62 bits per heavy atom. The lowest BCUT2D eigenvalue weighted by Gasteiger charge is -2.19. The molecule has 0 unspecified atom stereocenters. The second kappa shape index (κ2) is 7.38. The van der Waals surface area contributed by atoms with Gasteiger partial charge in [-0.25, -0.2) is 4.79 Å². The lowest BCUT2D eigenvalue weighted by atomic mass is 10.2. The van der Waals surface area contributed by atoms with Gasteiger partial charge in [-0.05, 0) is 51.3 Å². The van der Waals surface area contributed by atoms with Crippen LogP contribution in [0.3, 0.4) is 0 Å². The van der Waals surface area contributed by atoms with Gasteiger partial charge in [0.25, 0.3) is 0 Å². The number of alkyl carbamates (subject to hydrolysis) is 1. The minimum atomic E-state index is -0.546. The number of hydrogen-bond acceptors (Lipinski definition) is 3. The summed E-state index contributed by atoms with van der Waals surface area (Å²) in [6.45, 7) is 8.56. The first-order chi connectivity index (χ1) is 11.3. The number of rotatable bonds is 5. The predicted molar refractivity (Wildman–Crippen MR) is 95.1 cm³/mol. The van der Waals surface area contributed by atoms with Crippen LogP contribution in [0.15, 0.2) is 30.5 Å².